The predicted octanol–water partition coefficient (Wildman–Crippen LogP) is 3.35. The van der Waals surface area contributed by atoms with Crippen molar-refractivity contribution in [3.8, 4) is 0 Å². The standard InChI is InChI=1S/C12H10BrNO3/c13-9-1-3-10(4-2-9)14-6-11-5-8(7-17-11)12(15)16/h1-5,7,14H,6H2,(H,15,16). The van der Waals surface area contributed by atoms with Gasteiger partial charge in [-0.15, -0.1) is 0 Å². The Morgan fingerprint density at radius 3 is 2.65 bits per heavy atom. The molecule has 88 valence electrons. The molecule has 0 aliphatic heterocycles. The Balaban J connectivity index is 1.97. The largest absolute Gasteiger partial charge is 0.478 e. The van der Waals surface area contributed by atoms with Crippen LogP contribution in [0.3, 0.4) is 0 Å². The van der Waals surface area contributed by atoms with Crippen molar-refractivity contribution in [1.82, 2.24) is 0 Å². The van der Waals surface area contributed by atoms with Gasteiger partial charge in [-0.2, -0.15) is 0 Å². The molecule has 0 saturated heterocycles. The maximum absolute atomic E-state index is 10.6. The second-order valence-corrected chi connectivity index (χ2v) is 4.38. The molecule has 0 amide bonds. The number of carbonyl (C=O) groups is 1. The minimum absolute atomic E-state index is 0.164. The van der Waals surface area contributed by atoms with Crippen LogP contribution >= 0.6 is 15.9 Å². The highest BCUT2D eigenvalue weighted by molar-refractivity contribution is 9.10. The van der Waals surface area contributed by atoms with E-state index in [2.05, 4.69) is 21.2 Å². The highest BCUT2D eigenvalue weighted by atomic mass is 79.9. The van der Waals surface area contributed by atoms with Crippen LogP contribution < -0.4 is 5.32 Å². The van der Waals surface area contributed by atoms with E-state index >= 15 is 0 Å². The lowest BCUT2D eigenvalue weighted by Gasteiger charge is -2.03. The van der Waals surface area contributed by atoms with Crippen molar-refractivity contribution in [1.29, 1.82) is 0 Å². The summed E-state index contributed by atoms with van der Waals surface area (Å²) >= 11 is 3.35. The van der Waals surface area contributed by atoms with Crippen LogP contribution in [0, 0.1) is 0 Å². The van der Waals surface area contributed by atoms with Crippen LogP contribution in [0.1, 0.15) is 16.1 Å². The summed E-state index contributed by atoms with van der Waals surface area (Å²) < 4.78 is 6.13. The molecular formula is C12H10BrNO3. The van der Waals surface area contributed by atoms with Crippen LogP contribution in [0.2, 0.25) is 0 Å². The molecule has 5 heteroatoms. The highest BCUT2D eigenvalue weighted by Gasteiger charge is 2.07. The number of nitrogens with one attached hydrogen (secondary N) is 1. The van der Waals surface area contributed by atoms with Gasteiger partial charge in [0, 0.05) is 10.2 Å². The first-order valence-electron chi connectivity index (χ1n) is 4.95. The summed E-state index contributed by atoms with van der Waals surface area (Å²) in [5.41, 5.74) is 1.11. The van der Waals surface area contributed by atoms with Gasteiger partial charge in [0.15, 0.2) is 0 Å². The lowest BCUT2D eigenvalue weighted by molar-refractivity contribution is 0.0696. The second-order valence-electron chi connectivity index (χ2n) is 3.47. The minimum atomic E-state index is -0.983. The Morgan fingerprint density at radius 1 is 1.35 bits per heavy atom. The number of aromatic carboxylic acids is 1. The number of rotatable bonds is 4. The van der Waals surface area contributed by atoms with Crippen molar-refractivity contribution in [3.05, 3.63) is 52.4 Å². The van der Waals surface area contributed by atoms with Gasteiger partial charge in [0.05, 0.1) is 12.1 Å². The van der Waals surface area contributed by atoms with Gasteiger partial charge in [-0.3, -0.25) is 0 Å². The van der Waals surface area contributed by atoms with E-state index in [1.54, 1.807) is 0 Å². The van der Waals surface area contributed by atoms with Crippen LogP contribution in [-0.2, 0) is 6.54 Å². The molecule has 0 aliphatic rings. The van der Waals surface area contributed by atoms with Crippen molar-refractivity contribution < 1.29 is 14.3 Å². The van der Waals surface area contributed by atoms with E-state index in [1.807, 2.05) is 24.3 Å². The first kappa shape index (κ1) is 11.7. The van der Waals surface area contributed by atoms with Crippen molar-refractivity contribution in [2.45, 2.75) is 6.54 Å². The number of furan rings is 1. The number of halogens is 1. The van der Waals surface area contributed by atoms with Crippen molar-refractivity contribution in [3.63, 3.8) is 0 Å². The van der Waals surface area contributed by atoms with Crippen LogP contribution in [0.4, 0.5) is 5.69 Å². The zero-order valence-corrected chi connectivity index (χ0v) is 10.4. The van der Waals surface area contributed by atoms with E-state index in [1.165, 1.54) is 12.3 Å². The van der Waals surface area contributed by atoms with Crippen molar-refractivity contribution in [2.24, 2.45) is 0 Å². The fraction of sp³-hybridized carbons (Fsp3) is 0.0833. The van der Waals surface area contributed by atoms with Crippen LogP contribution in [0.5, 0.6) is 0 Å². The molecule has 0 aliphatic carbocycles. The monoisotopic (exact) mass is 295 g/mol. The van der Waals surface area contributed by atoms with Crippen molar-refractivity contribution in [2.75, 3.05) is 5.32 Å². The maximum Gasteiger partial charge on any atom is 0.338 e. The normalized spacial score (nSPS) is 10.2. The summed E-state index contributed by atoms with van der Waals surface area (Å²) in [6, 6.07) is 9.20. The summed E-state index contributed by atoms with van der Waals surface area (Å²) in [4.78, 5) is 10.6. The third-order valence-corrected chi connectivity index (χ3v) is 2.74. The highest BCUT2D eigenvalue weighted by Crippen LogP contribution is 2.15. The number of hydrogen-bond acceptors (Lipinski definition) is 3. The smallest absolute Gasteiger partial charge is 0.338 e. The third-order valence-electron chi connectivity index (χ3n) is 2.21. The molecule has 2 rings (SSSR count). The Hall–Kier alpha value is -1.75. The molecule has 0 unspecified atom stereocenters. The lowest BCUT2D eigenvalue weighted by atomic mass is 10.3. The molecule has 0 atom stereocenters. The summed E-state index contributed by atoms with van der Waals surface area (Å²) in [6.07, 6.45) is 1.24. The molecule has 1 heterocycles. The van der Waals surface area contributed by atoms with Crippen LogP contribution in [0.15, 0.2) is 45.5 Å². The second kappa shape index (κ2) is 5.05. The predicted molar refractivity (Wildman–Crippen MR) is 67.1 cm³/mol. The molecular weight excluding hydrogens is 286 g/mol. The molecule has 2 N–H and O–H groups in total. The molecule has 0 fully saturated rings. The Bertz CT molecular complexity index is 519. The number of carboxylic acids is 1. The first-order chi connectivity index (χ1) is 8.15. The van der Waals surface area contributed by atoms with Crippen LogP contribution in [0.25, 0.3) is 0 Å². The molecule has 0 saturated carbocycles. The zero-order chi connectivity index (χ0) is 12.3. The van der Waals surface area contributed by atoms with Gasteiger partial charge in [0.2, 0.25) is 0 Å². The topological polar surface area (TPSA) is 62.5 Å². The number of carboxylic acid groups (broad SMARTS) is 1. The first-order valence-corrected chi connectivity index (χ1v) is 5.74. The van der Waals surface area contributed by atoms with Gasteiger partial charge in [-0.1, -0.05) is 15.9 Å². The Labute approximate surface area is 106 Å². The van der Waals surface area contributed by atoms with E-state index in [0.717, 1.165) is 10.2 Å². The van der Waals surface area contributed by atoms with E-state index in [-0.39, 0.29) is 5.56 Å². The van der Waals surface area contributed by atoms with Gasteiger partial charge in [-0.05, 0) is 30.3 Å². The lowest BCUT2D eigenvalue weighted by Crippen LogP contribution is -1.98. The summed E-state index contributed by atoms with van der Waals surface area (Å²) in [6.45, 7) is 0.453. The summed E-state index contributed by atoms with van der Waals surface area (Å²) in [5.74, 6) is -0.394. The average Bonchev–Trinajstić information content (AvgIpc) is 2.77. The van der Waals surface area contributed by atoms with E-state index in [9.17, 15) is 4.79 Å². The van der Waals surface area contributed by atoms with E-state index < -0.39 is 5.97 Å². The third kappa shape index (κ3) is 3.10. The van der Waals surface area contributed by atoms with Gasteiger partial charge >= 0.3 is 5.97 Å². The summed E-state index contributed by atoms with van der Waals surface area (Å²) in [5, 5.41) is 11.9. The molecule has 2 aromatic rings. The van der Waals surface area contributed by atoms with Gasteiger partial charge in [-0.25, -0.2) is 4.79 Å². The average molecular weight is 296 g/mol. The Kier molecular flexibility index (Phi) is 3.49. The minimum Gasteiger partial charge on any atom is -0.478 e. The number of anilines is 1. The quantitative estimate of drug-likeness (QED) is 0.908. The fourth-order valence-electron chi connectivity index (χ4n) is 1.34. The SMILES string of the molecule is O=C(O)c1coc(CNc2ccc(Br)cc2)c1. The van der Waals surface area contributed by atoms with Gasteiger partial charge in [0.25, 0.3) is 0 Å². The maximum atomic E-state index is 10.6. The molecule has 1 aromatic heterocycles. The summed E-state index contributed by atoms with van der Waals surface area (Å²) in [7, 11) is 0. The molecule has 4 nitrogen and oxygen atoms in total. The van der Waals surface area contributed by atoms with Crippen LogP contribution in [-0.4, -0.2) is 11.1 Å². The number of benzene rings is 1. The van der Waals surface area contributed by atoms with Gasteiger partial charge in [0.1, 0.15) is 12.0 Å². The molecule has 0 bridgehead atoms. The Morgan fingerprint density at radius 2 is 2.06 bits per heavy atom. The molecule has 17 heavy (non-hydrogen) atoms. The van der Waals surface area contributed by atoms with Crippen molar-refractivity contribution >= 4 is 27.6 Å². The number of hydrogen-bond donors (Lipinski definition) is 2. The van der Waals surface area contributed by atoms with Gasteiger partial charge < -0.3 is 14.8 Å². The van der Waals surface area contributed by atoms with E-state index in [4.69, 9.17) is 9.52 Å². The molecule has 0 spiro atoms. The fourth-order valence-corrected chi connectivity index (χ4v) is 1.61. The molecule has 0 radical (unpaired) electrons. The van der Waals surface area contributed by atoms with E-state index in [0.29, 0.717) is 12.3 Å². The zero-order valence-electron chi connectivity index (χ0n) is 8.81. The molecule has 1 aromatic carbocycles.